The molecule has 0 heterocycles. The first-order valence-corrected chi connectivity index (χ1v) is 5.72. The molecule has 76 valence electrons. The fourth-order valence-electron chi connectivity index (χ4n) is 1.24. The standard InChI is InChI=1S/C11H13BrO2/c1-2-9-5-3-4-6-10(9)11(13)14-8-7-12/h3-6H,2,7-8H2,1H3. The van der Waals surface area contributed by atoms with Crippen LogP contribution in [0, 0.1) is 0 Å². The lowest BCUT2D eigenvalue weighted by molar-refractivity contribution is 0.0530. The molecule has 1 aromatic rings. The molecule has 0 radical (unpaired) electrons. The second-order valence-corrected chi connectivity index (χ2v) is 3.63. The monoisotopic (exact) mass is 256 g/mol. The SMILES string of the molecule is CCc1ccccc1C(=O)OCCBr. The predicted octanol–water partition coefficient (Wildman–Crippen LogP) is 2.80. The van der Waals surface area contributed by atoms with Crippen LogP contribution in [0.2, 0.25) is 0 Å². The third-order valence-corrected chi connectivity index (χ3v) is 2.25. The number of rotatable bonds is 4. The minimum atomic E-state index is -0.234. The van der Waals surface area contributed by atoms with Crippen LogP contribution in [0.4, 0.5) is 0 Å². The molecule has 2 nitrogen and oxygen atoms in total. The van der Waals surface area contributed by atoms with Gasteiger partial charge in [0.15, 0.2) is 0 Å². The number of aryl methyl sites for hydroxylation is 1. The van der Waals surface area contributed by atoms with E-state index in [1.165, 1.54) is 0 Å². The first kappa shape index (κ1) is 11.2. The molecular formula is C11H13BrO2. The highest BCUT2D eigenvalue weighted by Crippen LogP contribution is 2.10. The molecule has 0 bridgehead atoms. The zero-order valence-corrected chi connectivity index (χ0v) is 9.71. The maximum Gasteiger partial charge on any atom is 0.338 e. The van der Waals surface area contributed by atoms with Crippen molar-refractivity contribution >= 4 is 21.9 Å². The van der Waals surface area contributed by atoms with Crippen molar-refractivity contribution in [1.29, 1.82) is 0 Å². The van der Waals surface area contributed by atoms with Gasteiger partial charge in [0.05, 0.1) is 5.56 Å². The molecule has 0 unspecified atom stereocenters. The van der Waals surface area contributed by atoms with Crippen LogP contribution in [-0.4, -0.2) is 17.9 Å². The lowest BCUT2D eigenvalue weighted by atomic mass is 10.1. The minimum Gasteiger partial charge on any atom is -0.461 e. The quantitative estimate of drug-likeness (QED) is 0.612. The topological polar surface area (TPSA) is 26.3 Å². The second kappa shape index (κ2) is 5.81. The smallest absolute Gasteiger partial charge is 0.338 e. The molecule has 0 atom stereocenters. The van der Waals surface area contributed by atoms with E-state index < -0.39 is 0 Å². The van der Waals surface area contributed by atoms with Crippen LogP contribution >= 0.6 is 15.9 Å². The maximum atomic E-state index is 11.5. The zero-order chi connectivity index (χ0) is 10.4. The number of hydrogen-bond donors (Lipinski definition) is 0. The Morgan fingerprint density at radius 2 is 2.14 bits per heavy atom. The van der Waals surface area contributed by atoms with Crippen molar-refractivity contribution in [3.63, 3.8) is 0 Å². The van der Waals surface area contributed by atoms with Gasteiger partial charge in [-0.05, 0) is 18.1 Å². The largest absolute Gasteiger partial charge is 0.461 e. The Kier molecular flexibility index (Phi) is 4.66. The van der Waals surface area contributed by atoms with E-state index in [9.17, 15) is 4.79 Å². The summed E-state index contributed by atoms with van der Waals surface area (Å²) in [5.41, 5.74) is 1.71. The average Bonchev–Trinajstić information content (AvgIpc) is 2.25. The van der Waals surface area contributed by atoms with E-state index >= 15 is 0 Å². The molecule has 0 aliphatic heterocycles. The molecule has 0 spiro atoms. The highest BCUT2D eigenvalue weighted by atomic mass is 79.9. The Morgan fingerprint density at radius 3 is 2.79 bits per heavy atom. The van der Waals surface area contributed by atoms with E-state index in [2.05, 4.69) is 15.9 Å². The van der Waals surface area contributed by atoms with Gasteiger partial charge in [0.2, 0.25) is 0 Å². The van der Waals surface area contributed by atoms with Crippen LogP contribution in [0.5, 0.6) is 0 Å². The molecule has 0 N–H and O–H groups in total. The van der Waals surface area contributed by atoms with Gasteiger partial charge in [-0.3, -0.25) is 0 Å². The number of ether oxygens (including phenoxy) is 1. The number of benzene rings is 1. The molecule has 0 amide bonds. The molecule has 0 saturated heterocycles. The summed E-state index contributed by atoms with van der Waals surface area (Å²) in [6, 6.07) is 7.53. The zero-order valence-electron chi connectivity index (χ0n) is 8.13. The van der Waals surface area contributed by atoms with Gasteiger partial charge in [0.25, 0.3) is 0 Å². The van der Waals surface area contributed by atoms with Gasteiger partial charge >= 0.3 is 5.97 Å². The van der Waals surface area contributed by atoms with Crippen molar-refractivity contribution in [2.75, 3.05) is 11.9 Å². The van der Waals surface area contributed by atoms with Crippen molar-refractivity contribution in [1.82, 2.24) is 0 Å². The van der Waals surface area contributed by atoms with Crippen molar-refractivity contribution in [3.8, 4) is 0 Å². The van der Waals surface area contributed by atoms with Crippen LogP contribution < -0.4 is 0 Å². The molecule has 0 aliphatic carbocycles. The Bertz CT molecular complexity index is 310. The second-order valence-electron chi connectivity index (χ2n) is 2.84. The Labute approximate surface area is 92.4 Å². The first-order chi connectivity index (χ1) is 6.79. The van der Waals surface area contributed by atoms with Crippen LogP contribution in [0.3, 0.4) is 0 Å². The summed E-state index contributed by atoms with van der Waals surface area (Å²) in [5, 5.41) is 0.674. The molecule has 1 rings (SSSR count). The number of esters is 1. The predicted molar refractivity (Wildman–Crippen MR) is 59.9 cm³/mol. The van der Waals surface area contributed by atoms with Crippen LogP contribution in [0.25, 0.3) is 0 Å². The fourth-order valence-corrected chi connectivity index (χ4v) is 1.40. The van der Waals surface area contributed by atoms with Crippen molar-refractivity contribution in [2.24, 2.45) is 0 Å². The number of carbonyl (C=O) groups excluding carboxylic acids is 1. The molecule has 0 saturated carbocycles. The summed E-state index contributed by atoms with van der Waals surface area (Å²) >= 11 is 3.21. The minimum absolute atomic E-state index is 0.234. The molecule has 0 aromatic heterocycles. The van der Waals surface area contributed by atoms with Gasteiger partial charge in [-0.2, -0.15) is 0 Å². The van der Waals surface area contributed by atoms with Crippen molar-refractivity contribution in [2.45, 2.75) is 13.3 Å². The molecule has 0 fully saturated rings. The van der Waals surface area contributed by atoms with E-state index in [1.54, 1.807) is 6.07 Å². The number of hydrogen-bond acceptors (Lipinski definition) is 2. The first-order valence-electron chi connectivity index (χ1n) is 4.60. The van der Waals surface area contributed by atoms with Crippen LogP contribution in [0.1, 0.15) is 22.8 Å². The third kappa shape index (κ3) is 2.84. The van der Waals surface area contributed by atoms with E-state index in [0.29, 0.717) is 17.5 Å². The normalized spacial score (nSPS) is 9.86. The van der Waals surface area contributed by atoms with Gasteiger partial charge in [0, 0.05) is 5.33 Å². The summed E-state index contributed by atoms with van der Waals surface area (Å²) in [7, 11) is 0. The fraction of sp³-hybridized carbons (Fsp3) is 0.364. The number of alkyl halides is 1. The summed E-state index contributed by atoms with van der Waals surface area (Å²) in [6.07, 6.45) is 0.847. The van der Waals surface area contributed by atoms with Gasteiger partial charge in [-0.25, -0.2) is 4.79 Å². The van der Waals surface area contributed by atoms with E-state index in [1.807, 2.05) is 25.1 Å². The Hall–Kier alpha value is -0.830. The highest BCUT2D eigenvalue weighted by molar-refractivity contribution is 9.09. The van der Waals surface area contributed by atoms with E-state index in [4.69, 9.17) is 4.74 Å². The molecule has 1 aromatic carbocycles. The maximum absolute atomic E-state index is 11.5. The summed E-state index contributed by atoms with van der Waals surface area (Å²) < 4.78 is 5.03. The van der Waals surface area contributed by atoms with Crippen molar-refractivity contribution in [3.05, 3.63) is 35.4 Å². The number of carbonyl (C=O) groups is 1. The van der Waals surface area contributed by atoms with Crippen LogP contribution in [-0.2, 0) is 11.2 Å². The third-order valence-electron chi connectivity index (χ3n) is 1.93. The van der Waals surface area contributed by atoms with E-state index in [0.717, 1.165) is 12.0 Å². The van der Waals surface area contributed by atoms with E-state index in [-0.39, 0.29) is 5.97 Å². The van der Waals surface area contributed by atoms with Gasteiger partial charge < -0.3 is 4.74 Å². The Morgan fingerprint density at radius 1 is 1.43 bits per heavy atom. The van der Waals surface area contributed by atoms with Gasteiger partial charge in [-0.15, -0.1) is 0 Å². The molecule has 3 heteroatoms. The molecule has 0 aliphatic rings. The summed E-state index contributed by atoms with van der Waals surface area (Å²) in [4.78, 5) is 11.5. The van der Waals surface area contributed by atoms with Crippen molar-refractivity contribution < 1.29 is 9.53 Å². The Balaban J connectivity index is 2.78. The molecule has 14 heavy (non-hydrogen) atoms. The number of halogens is 1. The van der Waals surface area contributed by atoms with Gasteiger partial charge in [-0.1, -0.05) is 41.1 Å². The summed E-state index contributed by atoms with van der Waals surface area (Å²) in [5.74, 6) is -0.234. The lowest BCUT2D eigenvalue weighted by Crippen LogP contribution is -2.09. The lowest BCUT2D eigenvalue weighted by Gasteiger charge is -2.06. The van der Waals surface area contributed by atoms with Gasteiger partial charge in [0.1, 0.15) is 6.61 Å². The molecular weight excluding hydrogens is 244 g/mol. The summed E-state index contributed by atoms with van der Waals surface area (Å²) in [6.45, 7) is 2.44. The average molecular weight is 257 g/mol. The highest BCUT2D eigenvalue weighted by Gasteiger charge is 2.09. The van der Waals surface area contributed by atoms with Crippen LogP contribution in [0.15, 0.2) is 24.3 Å².